The minimum Gasteiger partial charge on any atom is -0.309 e. The minimum absolute atomic E-state index is 0.104. The Balaban J connectivity index is 2.04. The van der Waals surface area contributed by atoms with E-state index in [0.29, 0.717) is 17.5 Å². The quantitative estimate of drug-likeness (QED) is 0.758. The van der Waals surface area contributed by atoms with Gasteiger partial charge in [-0.05, 0) is 45.9 Å². The zero-order valence-corrected chi connectivity index (χ0v) is 15.5. The van der Waals surface area contributed by atoms with Crippen molar-refractivity contribution in [2.45, 2.75) is 55.8 Å². The molecule has 4 nitrogen and oxygen atoms in total. The molecule has 1 fully saturated rings. The molecule has 1 aromatic rings. The summed E-state index contributed by atoms with van der Waals surface area (Å²) < 4.78 is 27.5. The second-order valence-electron chi connectivity index (χ2n) is 6.08. The molecule has 2 N–H and O–H groups in total. The van der Waals surface area contributed by atoms with Crippen LogP contribution in [-0.2, 0) is 16.6 Å². The summed E-state index contributed by atoms with van der Waals surface area (Å²) >= 11 is 3.22. The van der Waals surface area contributed by atoms with E-state index in [2.05, 4.69) is 10.0 Å². The van der Waals surface area contributed by atoms with E-state index in [1.165, 1.54) is 12.8 Å². The average Bonchev–Trinajstić information content (AvgIpc) is 3.17. The van der Waals surface area contributed by atoms with Crippen molar-refractivity contribution in [1.82, 2.24) is 10.0 Å². The van der Waals surface area contributed by atoms with E-state index < -0.39 is 10.0 Å². The molecule has 0 bridgehead atoms. The van der Waals surface area contributed by atoms with Gasteiger partial charge in [0.25, 0.3) is 0 Å². The number of rotatable bonds is 8. The summed E-state index contributed by atoms with van der Waals surface area (Å²) in [5, 5.41) is 3.42. The molecule has 1 aromatic heterocycles. The molecule has 1 heterocycles. The molecule has 21 heavy (non-hydrogen) atoms. The Morgan fingerprint density at radius 2 is 2.10 bits per heavy atom. The van der Waals surface area contributed by atoms with Crippen LogP contribution < -0.4 is 10.0 Å². The van der Waals surface area contributed by atoms with Crippen molar-refractivity contribution >= 4 is 33.1 Å². The zero-order chi connectivity index (χ0) is 15.7. The van der Waals surface area contributed by atoms with Crippen molar-refractivity contribution in [2.24, 2.45) is 0 Å². The molecule has 120 valence electrons. The molecular formula is C14H24N2O2S3. The minimum atomic E-state index is -3.42. The van der Waals surface area contributed by atoms with Crippen LogP contribution in [0.2, 0.25) is 0 Å². The highest BCUT2D eigenvalue weighted by molar-refractivity contribution is 8.00. The molecule has 1 aliphatic rings. The van der Waals surface area contributed by atoms with Gasteiger partial charge in [0.2, 0.25) is 10.0 Å². The van der Waals surface area contributed by atoms with Gasteiger partial charge in [-0.15, -0.1) is 11.3 Å². The average molecular weight is 349 g/mol. The first-order valence-corrected chi connectivity index (χ1v) is 10.6. The number of hydrogen-bond acceptors (Lipinski definition) is 5. The lowest BCUT2D eigenvalue weighted by Gasteiger charge is -2.22. The largest absolute Gasteiger partial charge is 0.309 e. The fourth-order valence-corrected chi connectivity index (χ4v) is 4.93. The Bertz CT molecular complexity index is 589. The van der Waals surface area contributed by atoms with E-state index in [0.717, 1.165) is 16.3 Å². The van der Waals surface area contributed by atoms with Crippen LogP contribution in [0, 0.1) is 6.92 Å². The molecule has 0 spiro atoms. The van der Waals surface area contributed by atoms with Gasteiger partial charge in [-0.25, -0.2) is 13.1 Å². The van der Waals surface area contributed by atoms with E-state index in [-0.39, 0.29) is 4.75 Å². The van der Waals surface area contributed by atoms with Crippen LogP contribution in [0.4, 0.5) is 0 Å². The van der Waals surface area contributed by atoms with E-state index in [9.17, 15) is 8.42 Å². The van der Waals surface area contributed by atoms with Gasteiger partial charge >= 0.3 is 0 Å². The monoisotopic (exact) mass is 348 g/mol. The van der Waals surface area contributed by atoms with Gasteiger partial charge < -0.3 is 5.32 Å². The maximum atomic E-state index is 12.4. The smallest absolute Gasteiger partial charge is 0.241 e. The van der Waals surface area contributed by atoms with Crippen LogP contribution in [0.5, 0.6) is 0 Å². The Morgan fingerprint density at radius 3 is 2.67 bits per heavy atom. The number of thioether (sulfide) groups is 1. The van der Waals surface area contributed by atoms with Crippen molar-refractivity contribution in [3.8, 4) is 0 Å². The lowest BCUT2D eigenvalue weighted by molar-refractivity contribution is 0.570. The van der Waals surface area contributed by atoms with E-state index >= 15 is 0 Å². The van der Waals surface area contributed by atoms with Crippen LogP contribution in [0.1, 0.15) is 36.4 Å². The van der Waals surface area contributed by atoms with Crippen molar-refractivity contribution in [2.75, 3.05) is 12.8 Å². The molecule has 0 saturated heterocycles. The topological polar surface area (TPSA) is 58.2 Å². The lowest BCUT2D eigenvalue weighted by Crippen LogP contribution is -2.36. The molecule has 0 aromatic carbocycles. The molecule has 7 heteroatoms. The summed E-state index contributed by atoms with van der Waals surface area (Å²) in [6, 6.07) is 2.44. The van der Waals surface area contributed by atoms with Crippen molar-refractivity contribution < 1.29 is 8.42 Å². The highest BCUT2D eigenvalue weighted by atomic mass is 32.2. The van der Waals surface area contributed by atoms with Gasteiger partial charge in [-0.2, -0.15) is 11.8 Å². The normalized spacial score (nSPS) is 16.4. The fraction of sp³-hybridized carbons (Fsp3) is 0.714. The van der Waals surface area contributed by atoms with Crippen molar-refractivity contribution in [3.63, 3.8) is 0 Å². The second kappa shape index (κ2) is 6.58. The van der Waals surface area contributed by atoms with Crippen molar-refractivity contribution in [1.29, 1.82) is 0 Å². The van der Waals surface area contributed by atoms with Crippen LogP contribution in [0.25, 0.3) is 0 Å². The summed E-state index contributed by atoms with van der Waals surface area (Å²) in [4.78, 5) is 2.37. The Labute approximate surface area is 136 Å². The summed E-state index contributed by atoms with van der Waals surface area (Å²) in [7, 11) is -3.42. The summed E-state index contributed by atoms with van der Waals surface area (Å²) in [5.74, 6) is 0. The Hall–Kier alpha value is -0.0800. The van der Waals surface area contributed by atoms with Crippen LogP contribution >= 0.6 is 23.1 Å². The number of hydrogen-bond donors (Lipinski definition) is 2. The zero-order valence-electron chi connectivity index (χ0n) is 13.0. The molecule has 1 aliphatic carbocycles. The maximum absolute atomic E-state index is 12.4. The molecule has 0 amide bonds. The number of nitrogens with one attached hydrogen (secondary N) is 2. The Kier molecular flexibility index (Phi) is 5.41. The summed E-state index contributed by atoms with van der Waals surface area (Å²) in [5.41, 5.74) is 0. The van der Waals surface area contributed by atoms with Crippen LogP contribution in [0.3, 0.4) is 0 Å². The highest BCUT2D eigenvalue weighted by Crippen LogP contribution is 2.28. The maximum Gasteiger partial charge on any atom is 0.241 e. The van der Waals surface area contributed by atoms with E-state index in [1.54, 1.807) is 23.1 Å². The molecule has 0 aliphatic heterocycles. The van der Waals surface area contributed by atoms with E-state index in [4.69, 9.17) is 0 Å². The molecule has 0 radical (unpaired) electrons. The van der Waals surface area contributed by atoms with Crippen LogP contribution in [-0.4, -0.2) is 32.0 Å². The molecule has 2 rings (SSSR count). The molecule has 0 atom stereocenters. The third-order valence-corrected chi connectivity index (χ3v) is 7.55. The third-order valence-electron chi connectivity index (χ3n) is 3.60. The van der Waals surface area contributed by atoms with Gasteiger partial charge in [-0.3, -0.25) is 0 Å². The number of aryl methyl sites for hydroxylation is 1. The standard InChI is InChI=1S/C14H24N2O2S3/c1-10-13(7-12(20-10)8-15-11-5-6-11)21(17,18)16-9-14(2,3)19-4/h7,11,15-16H,5-6,8-9H2,1-4H3. The predicted octanol–water partition coefficient (Wildman–Crippen LogP) is 2.73. The van der Waals surface area contributed by atoms with Gasteiger partial charge in [0.05, 0.1) is 4.90 Å². The summed E-state index contributed by atoms with van der Waals surface area (Å²) in [6.07, 6.45) is 4.47. The first kappa shape index (κ1) is 17.3. The predicted molar refractivity (Wildman–Crippen MR) is 91.7 cm³/mol. The van der Waals surface area contributed by atoms with Gasteiger partial charge in [0.15, 0.2) is 0 Å². The molecule has 0 unspecified atom stereocenters. The number of thiophene rings is 1. The van der Waals surface area contributed by atoms with Gasteiger partial charge in [-0.1, -0.05) is 0 Å². The van der Waals surface area contributed by atoms with Crippen molar-refractivity contribution in [3.05, 3.63) is 15.8 Å². The first-order valence-electron chi connectivity index (χ1n) is 7.11. The second-order valence-corrected chi connectivity index (χ2v) is 10.7. The molecular weight excluding hydrogens is 324 g/mol. The van der Waals surface area contributed by atoms with E-state index in [1.807, 2.05) is 33.1 Å². The molecule has 1 saturated carbocycles. The lowest BCUT2D eigenvalue weighted by atomic mass is 10.2. The van der Waals surface area contributed by atoms with Gasteiger partial charge in [0.1, 0.15) is 0 Å². The SMILES string of the molecule is CSC(C)(C)CNS(=O)(=O)c1cc(CNC2CC2)sc1C. The number of sulfonamides is 1. The first-order chi connectivity index (χ1) is 9.73. The van der Waals surface area contributed by atoms with Gasteiger partial charge in [0, 0.05) is 33.6 Å². The fourth-order valence-electron chi connectivity index (χ4n) is 1.83. The third kappa shape index (κ3) is 4.96. The van der Waals surface area contributed by atoms with Crippen LogP contribution in [0.15, 0.2) is 11.0 Å². The highest BCUT2D eigenvalue weighted by Gasteiger charge is 2.25. The summed E-state index contributed by atoms with van der Waals surface area (Å²) in [6.45, 7) is 7.14. The Morgan fingerprint density at radius 1 is 1.43 bits per heavy atom.